The molecule has 2 N–H and O–H groups in total. The Kier molecular flexibility index (Phi) is 3.22. The van der Waals surface area contributed by atoms with Crippen LogP contribution in [-0.2, 0) is 4.79 Å². The first-order valence-corrected chi connectivity index (χ1v) is 6.28. The summed E-state index contributed by atoms with van der Waals surface area (Å²) in [6, 6.07) is 0.364. The molecule has 0 aliphatic carbocycles. The average Bonchev–Trinajstić information content (AvgIpc) is 2.30. The van der Waals surface area contributed by atoms with Gasteiger partial charge in [-0.25, -0.2) is 0 Å². The molecule has 0 aromatic rings. The van der Waals surface area contributed by atoms with E-state index in [9.17, 15) is 9.90 Å². The maximum Gasteiger partial charge on any atom is 0.323 e. The first-order chi connectivity index (χ1) is 7.55. The van der Waals surface area contributed by atoms with E-state index in [0.717, 1.165) is 6.54 Å². The zero-order valence-electron chi connectivity index (χ0n) is 10.2. The highest BCUT2D eigenvalue weighted by Gasteiger charge is 2.40. The topological polar surface area (TPSA) is 52.6 Å². The zero-order chi connectivity index (χ0) is 11.8. The molecular weight excluding hydrogens is 204 g/mol. The number of nitrogens with zero attached hydrogens (tertiary/aromatic N) is 1. The van der Waals surface area contributed by atoms with Crippen LogP contribution in [0.4, 0.5) is 0 Å². The molecular formula is C12H22N2O2. The van der Waals surface area contributed by atoms with Crippen LogP contribution < -0.4 is 5.32 Å². The van der Waals surface area contributed by atoms with Crippen molar-refractivity contribution in [3.8, 4) is 0 Å². The number of nitrogens with one attached hydrogen (secondary N) is 1. The van der Waals surface area contributed by atoms with Crippen molar-refractivity contribution in [2.75, 3.05) is 19.6 Å². The van der Waals surface area contributed by atoms with E-state index >= 15 is 0 Å². The summed E-state index contributed by atoms with van der Waals surface area (Å²) in [6.07, 6.45) is 3.07. The molecule has 3 saturated heterocycles. The normalized spacial score (nSPS) is 37.0. The summed E-state index contributed by atoms with van der Waals surface area (Å²) in [7, 11) is 0. The SMILES string of the molecule is CCC(C)(NC1CN2CCC1CC2)C(=O)O. The fourth-order valence-corrected chi connectivity index (χ4v) is 2.85. The van der Waals surface area contributed by atoms with Crippen molar-refractivity contribution in [3.05, 3.63) is 0 Å². The van der Waals surface area contributed by atoms with Crippen molar-refractivity contribution in [2.24, 2.45) is 5.92 Å². The van der Waals surface area contributed by atoms with Crippen molar-refractivity contribution >= 4 is 5.97 Å². The molecule has 16 heavy (non-hydrogen) atoms. The number of aliphatic carboxylic acids is 1. The molecule has 0 aromatic carbocycles. The van der Waals surface area contributed by atoms with E-state index in [1.807, 2.05) is 6.92 Å². The van der Waals surface area contributed by atoms with Crippen LogP contribution in [0.2, 0.25) is 0 Å². The minimum absolute atomic E-state index is 0.364. The Morgan fingerprint density at radius 1 is 1.50 bits per heavy atom. The van der Waals surface area contributed by atoms with Crippen LogP contribution >= 0.6 is 0 Å². The third kappa shape index (κ3) is 2.09. The first-order valence-electron chi connectivity index (χ1n) is 6.28. The molecule has 3 aliphatic heterocycles. The van der Waals surface area contributed by atoms with Crippen molar-refractivity contribution < 1.29 is 9.90 Å². The number of carbonyl (C=O) groups is 1. The van der Waals surface area contributed by atoms with Crippen molar-refractivity contribution in [2.45, 2.75) is 44.7 Å². The van der Waals surface area contributed by atoms with Crippen LogP contribution in [0.15, 0.2) is 0 Å². The average molecular weight is 226 g/mol. The van der Waals surface area contributed by atoms with Gasteiger partial charge in [-0.05, 0) is 45.2 Å². The summed E-state index contributed by atoms with van der Waals surface area (Å²) >= 11 is 0. The lowest BCUT2D eigenvalue weighted by molar-refractivity contribution is -0.145. The fourth-order valence-electron chi connectivity index (χ4n) is 2.85. The molecule has 2 unspecified atom stereocenters. The minimum Gasteiger partial charge on any atom is -0.480 e. The standard InChI is InChI=1S/C12H22N2O2/c1-3-12(2,11(15)16)13-10-8-14-6-4-9(10)5-7-14/h9-10,13H,3-8H2,1-2H3,(H,15,16). The molecule has 92 valence electrons. The largest absolute Gasteiger partial charge is 0.480 e. The number of fused-ring (bicyclic) bond motifs is 3. The van der Waals surface area contributed by atoms with Crippen LogP contribution in [0.25, 0.3) is 0 Å². The van der Waals surface area contributed by atoms with Gasteiger partial charge >= 0.3 is 5.97 Å². The number of hydrogen-bond acceptors (Lipinski definition) is 3. The maximum atomic E-state index is 11.3. The second-order valence-electron chi connectivity index (χ2n) is 5.38. The highest BCUT2D eigenvalue weighted by atomic mass is 16.4. The third-order valence-electron chi connectivity index (χ3n) is 4.34. The van der Waals surface area contributed by atoms with E-state index in [4.69, 9.17) is 0 Å². The summed E-state index contributed by atoms with van der Waals surface area (Å²) in [5.41, 5.74) is -0.761. The van der Waals surface area contributed by atoms with E-state index < -0.39 is 11.5 Å². The number of carboxylic acid groups (broad SMARTS) is 1. The van der Waals surface area contributed by atoms with Gasteiger partial charge in [-0.3, -0.25) is 10.1 Å². The second kappa shape index (κ2) is 4.34. The molecule has 3 rings (SSSR count). The highest BCUT2D eigenvalue weighted by Crippen LogP contribution is 2.29. The second-order valence-corrected chi connectivity index (χ2v) is 5.38. The van der Waals surface area contributed by atoms with E-state index in [1.54, 1.807) is 6.92 Å². The quantitative estimate of drug-likeness (QED) is 0.748. The molecule has 0 aromatic heterocycles. The molecule has 4 nitrogen and oxygen atoms in total. The Balaban J connectivity index is 2.01. The van der Waals surface area contributed by atoms with Crippen molar-refractivity contribution in [1.29, 1.82) is 0 Å². The van der Waals surface area contributed by atoms with Crippen LogP contribution in [0.5, 0.6) is 0 Å². The van der Waals surface area contributed by atoms with Crippen LogP contribution in [0, 0.1) is 5.92 Å². The molecule has 0 saturated carbocycles. The van der Waals surface area contributed by atoms with Gasteiger partial charge in [0.2, 0.25) is 0 Å². The Morgan fingerprint density at radius 3 is 2.50 bits per heavy atom. The van der Waals surface area contributed by atoms with Gasteiger partial charge < -0.3 is 10.0 Å². The van der Waals surface area contributed by atoms with Crippen molar-refractivity contribution in [3.63, 3.8) is 0 Å². The van der Waals surface area contributed by atoms with Gasteiger partial charge in [0.05, 0.1) is 0 Å². The predicted octanol–water partition coefficient (Wildman–Crippen LogP) is 0.923. The molecule has 4 heteroatoms. The molecule has 0 spiro atoms. The highest BCUT2D eigenvalue weighted by molar-refractivity contribution is 5.78. The fraction of sp³-hybridized carbons (Fsp3) is 0.917. The lowest BCUT2D eigenvalue weighted by Gasteiger charge is -2.47. The molecule has 3 heterocycles. The number of piperidine rings is 3. The van der Waals surface area contributed by atoms with Gasteiger partial charge in [0.25, 0.3) is 0 Å². The van der Waals surface area contributed by atoms with Gasteiger partial charge in [0.1, 0.15) is 5.54 Å². The summed E-state index contributed by atoms with van der Waals surface area (Å²) in [6.45, 7) is 7.14. The summed E-state index contributed by atoms with van der Waals surface area (Å²) < 4.78 is 0. The molecule has 3 aliphatic rings. The Bertz CT molecular complexity index is 274. The number of hydrogen-bond donors (Lipinski definition) is 2. The van der Waals surface area contributed by atoms with E-state index in [-0.39, 0.29) is 0 Å². The van der Waals surface area contributed by atoms with E-state index in [1.165, 1.54) is 25.9 Å². The van der Waals surface area contributed by atoms with Gasteiger partial charge in [0.15, 0.2) is 0 Å². The molecule has 3 fully saturated rings. The van der Waals surface area contributed by atoms with E-state index in [0.29, 0.717) is 18.4 Å². The smallest absolute Gasteiger partial charge is 0.323 e. The minimum atomic E-state index is -0.761. The Hall–Kier alpha value is -0.610. The number of rotatable bonds is 4. The zero-order valence-corrected chi connectivity index (χ0v) is 10.2. The van der Waals surface area contributed by atoms with Gasteiger partial charge in [-0.1, -0.05) is 6.92 Å². The monoisotopic (exact) mass is 226 g/mol. The summed E-state index contributed by atoms with van der Waals surface area (Å²) in [5, 5.41) is 12.6. The van der Waals surface area contributed by atoms with Gasteiger partial charge in [-0.2, -0.15) is 0 Å². The lowest BCUT2D eigenvalue weighted by Crippen LogP contribution is -2.63. The predicted molar refractivity (Wildman–Crippen MR) is 62.4 cm³/mol. The number of carboxylic acids is 1. The first kappa shape index (κ1) is 11.9. The Morgan fingerprint density at radius 2 is 2.12 bits per heavy atom. The van der Waals surface area contributed by atoms with Crippen LogP contribution in [0.1, 0.15) is 33.1 Å². The summed E-state index contributed by atoms with van der Waals surface area (Å²) in [5.74, 6) is -0.0540. The van der Waals surface area contributed by atoms with Gasteiger partial charge in [-0.15, -0.1) is 0 Å². The van der Waals surface area contributed by atoms with Crippen molar-refractivity contribution in [1.82, 2.24) is 10.2 Å². The molecule has 2 atom stereocenters. The van der Waals surface area contributed by atoms with Gasteiger partial charge in [0, 0.05) is 12.6 Å². The molecule has 0 amide bonds. The van der Waals surface area contributed by atoms with Crippen LogP contribution in [-0.4, -0.2) is 47.2 Å². The lowest BCUT2D eigenvalue weighted by atomic mass is 9.82. The summed E-state index contributed by atoms with van der Waals surface area (Å²) in [4.78, 5) is 13.7. The Labute approximate surface area is 97.0 Å². The van der Waals surface area contributed by atoms with E-state index in [2.05, 4.69) is 10.2 Å². The third-order valence-corrected chi connectivity index (χ3v) is 4.34. The molecule has 2 bridgehead atoms. The molecule has 0 radical (unpaired) electrons. The maximum absolute atomic E-state index is 11.3. The van der Waals surface area contributed by atoms with Crippen LogP contribution in [0.3, 0.4) is 0 Å².